The molecule has 30 nitrogen and oxygen atoms in total. The second-order valence-electron chi connectivity index (χ2n) is 17.7. The average Bonchev–Trinajstić information content (AvgIpc) is 0.766. The molecule has 0 saturated carbocycles. The fraction of sp³-hybridized carbons (Fsp3) is 0.300. The van der Waals surface area contributed by atoms with E-state index in [2.05, 4.69) is 117 Å². The fourth-order valence-corrected chi connectivity index (χ4v) is 9.43. The fourth-order valence-electron chi connectivity index (χ4n) is 6.39. The average molecular weight is 1600 g/mol. The zero-order chi connectivity index (χ0) is 91.9. The van der Waals surface area contributed by atoms with E-state index in [-0.39, 0.29) is 38.4 Å². The predicted octanol–water partition coefficient (Wildman–Crippen LogP) is 9.36. The van der Waals surface area contributed by atoms with Gasteiger partial charge in [0.05, 0.1) is 44.1 Å². The zero-order valence-electron chi connectivity index (χ0n) is 76.4. The van der Waals surface area contributed by atoms with Crippen LogP contribution in [0.15, 0.2) is 142 Å². The Morgan fingerprint density at radius 1 is 0.396 bits per heavy atom. The molecule has 0 unspecified atom stereocenters. The van der Waals surface area contributed by atoms with E-state index >= 15 is 0 Å². The van der Waals surface area contributed by atoms with Crippen molar-refractivity contribution in [1.82, 2.24) is 74.0 Å². The Bertz CT molecular complexity index is 5630. The van der Waals surface area contributed by atoms with Gasteiger partial charge in [0, 0.05) is 78.4 Å². The number of rotatable bonds is 33. The van der Waals surface area contributed by atoms with Crippen molar-refractivity contribution in [3.8, 4) is 69.1 Å². The molecular formula is C60H69Br3N18O12S3. The molecule has 0 fully saturated rings. The summed E-state index contributed by atoms with van der Waals surface area (Å²) in [6.07, 6.45) is 8.17. The molecule has 6 aromatic heterocycles. The third-order valence-corrected chi connectivity index (χ3v) is 14.3. The number of hydrogen-bond donors (Lipinski definition) is 6. The molecule has 6 heterocycles. The lowest BCUT2D eigenvalue weighted by Gasteiger charge is -2.15. The van der Waals surface area contributed by atoms with Crippen LogP contribution in [0.2, 0.25) is 0 Å². The minimum absolute atomic E-state index is 0.0414. The second kappa shape index (κ2) is 37.7. The van der Waals surface area contributed by atoms with Crippen molar-refractivity contribution in [2.75, 3.05) is 73.2 Å². The molecule has 0 aliphatic rings. The number of ether oxygens (including phenoxy) is 6. The van der Waals surface area contributed by atoms with Crippen LogP contribution in [0.25, 0.3) is 33.4 Å². The summed E-state index contributed by atoms with van der Waals surface area (Å²) in [7, 11) is -13.9. The summed E-state index contributed by atoms with van der Waals surface area (Å²) in [4.78, 5) is 46.0. The number of hydrogen-bond acceptors (Lipinski definition) is 24. The van der Waals surface area contributed by atoms with Gasteiger partial charge in [-0.25, -0.2) is 59.8 Å². The highest BCUT2D eigenvalue weighted by Crippen LogP contribution is 2.38. The Kier molecular flexibility index (Phi) is 18.0. The Balaban J connectivity index is 0.000000252. The van der Waals surface area contributed by atoms with Gasteiger partial charge in [-0.15, -0.1) is 0 Å². The van der Waals surface area contributed by atoms with Gasteiger partial charge >= 0.3 is 18.0 Å². The van der Waals surface area contributed by atoms with Crippen LogP contribution in [0.1, 0.15) is 92.3 Å². The summed E-state index contributed by atoms with van der Waals surface area (Å²) in [5.74, 6) is -3.82. The van der Waals surface area contributed by atoms with Crippen LogP contribution in [-0.4, -0.2) is 144 Å². The number of aromatic nitrogens is 12. The molecule has 0 saturated heterocycles. The van der Waals surface area contributed by atoms with Crippen molar-refractivity contribution in [3.63, 3.8) is 0 Å². The molecule has 0 aliphatic heterocycles. The highest BCUT2D eigenvalue weighted by atomic mass is 79.9. The zero-order valence-corrected chi connectivity index (χ0v) is 57.6. The van der Waals surface area contributed by atoms with E-state index < -0.39 is 236 Å². The third kappa shape index (κ3) is 24.9. The number of anilines is 3. The van der Waals surface area contributed by atoms with Crippen LogP contribution in [0.4, 0.5) is 17.5 Å². The van der Waals surface area contributed by atoms with Crippen molar-refractivity contribution < 1.29 is 89.3 Å². The van der Waals surface area contributed by atoms with E-state index in [1.807, 2.05) is 9.44 Å². The first kappa shape index (κ1) is 45.9. The van der Waals surface area contributed by atoms with Crippen molar-refractivity contribution in [3.05, 3.63) is 159 Å². The summed E-state index contributed by atoms with van der Waals surface area (Å²) in [5, 5.41) is 0. The van der Waals surface area contributed by atoms with Crippen molar-refractivity contribution in [1.29, 1.82) is 0 Å². The van der Waals surface area contributed by atoms with Crippen LogP contribution in [0, 0.1) is 20.8 Å². The maximum atomic E-state index is 12.9. The minimum atomic E-state index is -4.97. The van der Waals surface area contributed by atoms with E-state index in [4.69, 9.17) is 64.1 Å². The van der Waals surface area contributed by atoms with Crippen LogP contribution in [-0.2, 0) is 30.6 Å². The number of aryl methyl sites for hydroxylation is 3. The molecule has 36 heteroatoms. The molecule has 3 aromatic carbocycles. The molecule has 0 radical (unpaired) electrons. The summed E-state index contributed by atoms with van der Waals surface area (Å²) < 4.78 is 330. The molecule has 9 rings (SSSR count). The maximum Gasteiger partial charge on any atom is 0.316 e. The van der Waals surface area contributed by atoms with Crippen molar-refractivity contribution in [2.45, 2.75) is 60.8 Å². The summed E-state index contributed by atoms with van der Waals surface area (Å²) in [6, 6.07) is -8.24. The first-order chi connectivity index (χ1) is 56.1. The standard InChI is InChI=1S/3C20H23BrN6O4S/c3*1-3-8-26-32(28,29)27-18-17(15-4-6-16(21)7-5-15)19(25-13-24-18)30-9-10-31-20-22-11-14(2)12-23-20/h3*4-7,11-13,26H,3,8-10H2,1-2H3,(H,24,25,27)/i3D2,4D,5D,6D,7D,8D2,10D2;4D,5D,6D,7D,9D2,10D2;4D,5D,6D,7D,8D2,10D2. The van der Waals surface area contributed by atoms with E-state index in [1.54, 1.807) is 32.4 Å². The van der Waals surface area contributed by atoms with Crippen LogP contribution < -0.4 is 56.8 Å². The molecule has 0 amide bonds. The number of nitrogens with zero attached hydrogens (tertiary/aromatic N) is 12. The van der Waals surface area contributed by atoms with Crippen molar-refractivity contribution >= 4 is 95.9 Å². The molecule has 9 aromatic rings. The topological polar surface area (TPSA) is 385 Å². The summed E-state index contributed by atoms with van der Waals surface area (Å²) in [5.41, 5.74) is -1.12. The van der Waals surface area contributed by atoms with Gasteiger partial charge in [-0.1, -0.05) is 105 Å². The number of benzene rings is 3. The van der Waals surface area contributed by atoms with Gasteiger partial charge in [0.15, 0.2) is 17.5 Å². The van der Waals surface area contributed by atoms with Gasteiger partial charge in [0.2, 0.25) is 17.6 Å². The Morgan fingerprint density at radius 3 is 1.04 bits per heavy atom. The lowest BCUT2D eigenvalue weighted by atomic mass is 10.1. The van der Waals surface area contributed by atoms with Crippen LogP contribution in [0.5, 0.6) is 35.7 Å². The number of nitrogens with one attached hydrogen (secondary N) is 6. The van der Waals surface area contributed by atoms with Gasteiger partial charge in [-0.2, -0.15) is 39.4 Å². The lowest BCUT2D eigenvalue weighted by Crippen LogP contribution is -2.31. The summed E-state index contributed by atoms with van der Waals surface area (Å²) >= 11 is 8.93. The van der Waals surface area contributed by atoms with Gasteiger partial charge in [-0.05, 0) is 110 Å². The van der Waals surface area contributed by atoms with E-state index in [9.17, 15) is 25.3 Å². The van der Waals surface area contributed by atoms with E-state index in [0.717, 1.165) is 25.9 Å². The number of halogens is 3. The van der Waals surface area contributed by atoms with E-state index in [1.165, 1.54) is 48.8 Å². The molecule has 0 spiro atoms. The largest absolute Gasteiger partial charge is 0.473 e. The summed E-state index contributed by atoms with van der Waals surface area (Å²) in [6.45, 7) is -9.94. The van der Waals surface area contributed by atoms with E-state index in [0.29, 0.717) is 23.1 Å². The van der Waals surface area contributed by atoms with Crippen LogP contribution >= 0.6 is 47.8 Å². The highest BCUT2D eigenvalue weighted by molar-refractivity contribution is 9.11. The predicted molar refractivity (Wildman–Crippen MR) is 371 cm³/mol. The van der Waals surface area contributed by atoms with Gasteiger partial charge in [0.1, 0.15) is 58.4 Å². The molecule has 510 valence electrons. The highest BCUT2D eigenvalue weighted by Gasteiger charge is 2.23. The SMILES string of the molecule is [2H]c1c([2H])c(-c2c(NS(=O)(=O)NC([2H])([2H])C([2H])([2H])C)ncnc2OCC([2H])([2H])Oc2ncc(C)cn2)c([2H])c([2H])c1Br.[2H]c1c([2H])c(-c2c(NS(=O)(=O)NC([2H])([2H])CC)ncnc2OCC([2H])([2H])Oc2ncc(C)cn2)c([2H])c([2H])c1Br.[2H]c1c([2H])c(-c2c(NS(=O)(=O)NCCC)ncnc2OC([2H])([2H])C([2H])([2H])Oc2ncc(C)cn2)c([2H])c([2H])c1Br. The second-order valence-corrected chi connectivity index (χ2v) is 24.4. The minimum Gasteiger partial charge on any atom is -0.473 e. The van der Waals surface area contributed by atoms with Crippen molar-refractivity contribution in [2.24, 2.45) is 0 Å². The molecular weight excluding hydrogens is 1500 g/mol. The molecule has 0 atom stereocenters. The van der Waals surface area contributed by atoms with Gasteiger partial charge < -0.3 is 28.4 Å². The quantitative estimate of drug-likeness (QED) is 0.0223. The first-order valence-electron chi connectivity index (χ1n) is 39.8. The molecule has 0 aliphatic carbocycles. The Labute approximate surface area is 618 Å². The normalized spacial score (nSPS) is 16.2. The maximum absolute atomic E-state index is 12.9. The van der Waals surface area contributed by atoms with Gasteiger partial charge in [-0.3, -0.25) is 14.2 Å². The molecule has 0 bridgehead atoms. The smallest absolute Gasteiger partial charge is 0.316 e. The molecule has 6 N–H and O–H groups in total. The Hall–Kier alpha value is -8.49. The third-order valence-electron chi connectivity index (χ3n) is 10.4. The molecule has 96 heavy (non-hydrogen) atoms. The van der Waals surface area contributed by atoms with Crippen LogP contribution in [0.3, 0.4) is 0 Å². The lowest BCUT2D eigenvalue weighted by molar-refractivity contribution is 0.202. The Morgan fingerprint density at radius 2 is 0.708 bits per heavy atom. The monoisotopic (exact) mass is 1590 g/mol. The first-order valence-corrected chi connectivity index (χ1v) is 33.6. The van der Waals surface area contributed by atoms with Gasteiger partial charge in [0.25, 0.3) is 30.6 Å².